The summed E-state index contributed by atoms with van der Waals surface area (Å²) in [6, 6.07) is 1.86. The van der Waals surface area contributed by atoms with Crippen LogP contribution in [0.2, 0.25) is 0 Å². The van der Waals surface area contributed by atoms with Gasteiger partial charge in [0, 0.05) is 24.0 Å². The van der Waals surface area contributed by atoms with E-state index >= 15 is 0 Å². The Hall–Kier alpha value is -0.670. The molecule has 0 saturated carbocycles. The molecular weight excluding hydrogens is 208 g/mol. The number of ketones is 1. The highest BCUT2D eigenvalue weighted by atomic mass is 32.1. The summed E-state index contributed by atoms with van der Waals surface area (Å²) in [5.74, 6) is 0.846. The molecule has 1 aromatic heterocycles. The Balaban J connectivity index is 2.08. The number of rotatable bonds is 7. The molecule has 0 unspecified atom stereocenters. The van der Waals surface area contributed by atoms with Gasteiger partial charge in [-0.15, -0.1) is 0 Å². The Bertz CT molecular complexity index is 278. The lowest BCUT2D eigenvalue weighted by atomic mass is 10.1. The van der Waals surface area contributed by atoms with Gasteiger partial charge in [-0.3, -0.25) is 4.79 Å². The van der Waals surface area contributed by atoms with Crippen molar-refractivity contribution in [3.63, 3.8) is 0 Å². The summed E-state index contributed by atoms with van der Waals surface area (Å²) in [5, 5.41) is 3.81. The van der Waals surface area contributed by atoms with Gasteiger partial charge in [0.15, 0.2) is 5.78 Å². The summed E-state index contributed by atoms with van der Waals surface area (Å²) in [6.45, 7) is 5.63. The lowest BCUT2D eigenvalue weighted by Crippen LogP contribution is -2.06. The molecule has 0 aliphatic carbocycles. The molecule has 84 valence electrons. The first-order valence-electron chi connectivity index (χ1n) is 5.33. The number of Topliss-reactive ketones (excluding diaryl/α,β-unsaturated/α-hetero) is 1. The van der Waals surface area contributed by atoms with Crippen LogP contribution >= 0.6 is 11.3 Å². The van der Waals surface area contributed by atoms with Crippen LogP contribution in [0.3, 0.4) is 0 Å². The van der Waals surface area contributed by atoms with E-state index in [1.165, 1.54) is 0 Å². The van der Waals surface area contributed by atoms with Crippen molar-refractivity contribution in [3.05, 3.63) is 22.4 Å². The zero-order chi connectivity index (χ0) is 11.1. The van der Waals surface area contributed by atoms with E-state index in [0.29, 0.717) is 18.9 Å². The van der Waals surface area contributed by atoms with Crippen molar-refractivity contribution in [2.24, 2.45) is 5.92 Å². The van der Waals surface area contributed by atoms with Crippen LogP contribution in [0.5, 0.6) is 0 Å². The van der Waals surface area contributed by atoms with Crippen molar-refractivity contribution in [1.82, 2.24) is 0 Å². The topological polar surface area (TPSA) is 26.3 Å². The molecule has 1 aromatic rings. The van der Waals surface area contributed by atoms with Gasteiger partial charge in [0.05, 0.1) is 6.61 Å². The van der Waals surface area contributed by atoms with Gasteiger partial charge in [-0.2, -0.15) is 11.3 Å². The van der Waals surface area contributed by atoms with E-state index in [4.69, 9.17) is 4.74 Å². The smallest absolute Gasteiger partial charge is 0.166 e. The first-order valence-corrected chi connectivity index (χ1v) is 6.27. The standard InChI is InChI=1S/C12H18O2S/c1-10(2)3-6-14-7-4-12(13)11-5-8-15-9-11/h5,8-10H,3-4,6-7H2,1-2H3. The molecule has 0 atom stereocenters. The van der Waals surface area contributed by atoms with E-state index in [-0.39, 0.29) is 5.78 Å². The molecule has 1 heterocycles. The molecule has 0 saturated heterocycles. The van der Waals surface area contributed by atoms with Crippen LogP contribution in [0.1, 0.15) is 37.0 Å². The third kappa shape index (κ3) is 5.09. The quantitative estimate of drug-likeness (QED) is 0.526. The molecule has 0 amide bonds. The number of ether oxygens (including phenoxy) is 1. The van der Waals surface area contributed by atoms with E-state index in [1.54, 1.807) is 11.3 Å². The van der Waals surface area contributed by atoms with Crippen LogP contribution in [-0.4, -0.2) is 19.0 Å². The maximum atomic E-state index is 11.5. The van der Waals surface area contributed by atoms with Gasteiger partial charge in [0.2, 0.25) is 0 Å². The van der Waals surface area contributed by atoms with Crippen molar-refractivity contribution in [1.29, 1.82) is 0 Å². The molecule has 3 heteroatoms. The van der Waals surface area contributed by atoms with Crippen LogP contribution in [0.25, 0.3) is 0 Å². The SMILES string of the molecule is CC(C)CCOCCC(=O)c1ccsc1. The van der Waals surface area contributed by atoms with Gasteiger partial charge in [-0.1, -0.05) is 13.8 Å². The molecule has 2 nitrogen and oxygen atoms in total. The van der Waals surface area contributed by atoms with Gasteiger partial charge in [-0.05, 0) is 23.8 Å². The van der Waals surface area contributed by atoms with E-state index < -0.39 is 0 Å². The van der Waals surface area contributed by atoms with E-state index in [2.05, 4.69) is 13.8 Å². The minimum atomic E-state index is 0.181. The van der Waals surface area contributed by atoms with E-state index in [9.17, 15) is 4.79 Å². The second kappa shape index (κ2) is 6.75. The Morgan fingerprint density at radius 1 is 1.47 bits per heavy atom. The van der Waals surface area contributed by atoms with Crippen LogP contribution in [0.15, 0.2) is 16.8 Å². The lowest BCUT2D eigenvalue weighted by molar-refractivity contribution is 0.0861. The summed E-state index contributed by atoms with van der Waals surface area (Å²) in [4.78, 5) is 11.5. The summed E-state index contributed by atoms with van der Waals surface area (Å²) in [5.41, 5.74) is 0.812. The zero-order valence-corrected chi connectivity index (χ0v) is 10.2. The summed E-state index contributed by atoms with van der Waals surface area (Å²) < 4.78 is 5.40. The first kappa shape index (κ1) is 12.4. The van der Waals surface area contributed by atoms with Gasteiger partial charge in [0.25, 0.3) is 0 Å². The van der Waals surface area contributed by atoms with Crippen molar-refractivity contribution < 1.29 is 9.53 Å². The average Bonchev–Trinajstić information content (AvgIpc) is 2.69. The Morgan fingerprint density at radius 3 is 2.87 bits per heavy atom. The van der Waals surface area contributed by atoms with Crippen LogP contribution < -0.4 is 0 Å². The third-order valence-corrected chi connectivity index (χ3v) is 2.84. The van der Waals surface area contributed by atoms with E-state index in [1.807, 2.05) is 16.8 Å². The van der Waals surface area contributed by atoms with Crippen molar-refractivity contribution in [2.45, 2.75) is 26.7 Å². The maximum absolute atomic E-state index is 11.5. The number of hydrogen-bond donors (Lipinski definition) is 0. The average molecular weight is 226 g/mol. The highest BCUT2D eigenvalue weighted by molar-refractivity contribution is 7.08. The number of carbonyl (C=O) groups is 1. The summed E-state index contributed by atoms with van der Waals surface area (Å²) >= 11 is 1.55. The molecule has 0 aliphatic rings. The van der Waals surface area contributed by atoms with E-state index in [0.717, 1.165) is 18.6 Å². The van der Waals surface area contributed by atoms with Crippen LogP contribution in [-0.2, 0) is 4.74 Å². The predicted octanol–water partition coefficient (Wildman–Crippen LogP) is 3.38. The molecule has 0 N–H and O–H groups in total. The molecule has 0 bridgehead atoms. The second-order valence-electron chi connectivity index (χ2n) is 3.98. The Kier molecular flexibility index (Phi) is 5.58. The highest BCUT2D eigenvalue weighted by Gasteiger charge is 2.05. The Morgan fingerprint density at radius 2 is 2.27 bits per heavy atom. The molecule has 0 aromatic carbocycles. The molecule has 0 radical (unpaired) electrons. The molecular formula is C12H18O2S. The fraction of sp³-hybridized carbons (Fsp3) is 0.583. The van der Waals surface area contributed by atoms with Crippen molar-refractivity contribution in [2.75, 3.05) is 13.2 Å². The monoisotopic (exact) mass is 226 g/mol. The van der Waals surface area contributed by atoms with Crippen LogP contribution in [0.4, 0.5) is 0 Å². The minimum absolute atomic E-state index is 0.181. The summed E-state index contributed by atoms with van der Waals surface area (Å²) in [7, 11) is 0. The highest BCUT2D eigenvalue weighted by Crippen LogP contribution is 2.08. The number of carbonyl (C=O) groups excluding carboxylic acids is 1. The summed E-state index contributed by atoms with van der Waals surface area (Å²) in [6.07, 6.45) is 1.56. The minimum Gasteiger partial charge on any atom is -0.381 e. The fourth-order valence-electron chi connectivity index (χ4n) is 1.15. The van der Waals surface area contributed by atoms with Gasteiger partial charge >= 0.3 is 0 Å². The second-order valence-corrected chi connectivity index (χ2v) is 4.76. The number of thiophene rings is 1. The Labute approximate surface area is 95.3 Å². The largest absolute Gasteiger partial charge is 0.381 e. The molecule has 0 spiro atoms. The van der Waals surface area contributed by atoms with Gasteiger partial charge < -0.3 is 4.74 Å². The molecule has 15 heavy (non-hydrogen) atoms. The molecule has 0 aliphatic heterocycles. The number of hydrogen-bond acceptors (Lipinski definition) is 3. The zero-order valence-electron chi connectivity index (χ0n) is 9.36. The van der Waals surface area contributed by atoms with Gasteiger partial charge in [0.1, 0.15) is 0 Å². The van der Waals surface area contributed by atoms with Crippen molar-refractivity contribution >= 4 is 17.1 Å². The lowest BCUT2D eigenvalue weighted by Gasteiger charge is -2.05. The molecule has 0 fully saturated rings. The molecule has 1 rings (SSSR count). The normalized spacial score (nSPS) is 10.9. The maximum Gasteiger partial charge on any atom is 0.166 e. The third-order valence-electron chi connectivity index (χ3n) is 2.16. The fourth-order valence-corrected chi connectivity index (χ4v) is 1.81. The van der Waals surface area contributed by atoms with Crippen molar-refractivity contribution in [3.8, 4) is 0 Å². The first-order chi connectivity index (χ1) is 7.20. The van der Waals surface area contributed by atoms with Crippen LogP contribution in [0, 0.1) is 5.92 Å². The predicted molar refractivity (Wildman–Crippen MR) is 63.5 cm³/mol. The van der Waals surface area contributed by atoms with Gasteiger partial charge in [-0.25, -0.2) is 0 Å².